The van der Waals surface area contributed by atoms with Crippen LogP contribution in [0.3, 0.4) is 0 Å². The Labute approximate surface area is 191 Å². The van der Waals surface area contributed by atoms with Crippen LogP contribution in [-0.2, 0) is 19.1 Å². The second-order valence-electron chi connectivity index (χ2n) is 11.5. The van der Waals surface area contributed by atoms with E-state index in [1.165, 1.54) is 0 Å². The molecule has 3 fully saturated rings. The molecule has 32 heavy (non-hydrogen) atoms. The Morgan fingerprint density at radius 3 is 2.44 bits per heavy atom. The minimum Gasteiger partial charge on any atom is -0.394 e. The summed E-state index contributed by atoms with van der Waals surface area (Å²) in [6.45, 7) is 13.9. The Hall–Kier alpha value is -1.67. The van der Waals surface area contributed by atoms with Crippen LogP contribution in [0.2, 0.25) is 0 Å². The van der Waals surface area contributed by atoms with Crippen molar-refractivity contribution in [1.29, 1.82) is 0 Å². The lowest BCUT2D eigenvalue weighted by Gasteiger charge is -2.39. The van der Waals surface area contributed by atoms with Gasteiger partial charge in [-0.15, -0.1) is 0 Å². The third-order valence-corrected chi connectivity index (χ3v) is 7.14. The zero-order chi connectivity index (χ0) is 24.1. The van der Waals surface area contributed by atoms with Crippen molar-refractivity contribution in [2.75, 3.05) is 13.2 Å². The monoisotopic (exact) mass is 451 g/mol. The number of hydrogen-bond acceptors (Lipinski definition) is 5. The van der Waals surface area contributed by atoms with Crippen LogP contribution in [0, 0.1) is 17.8 Å². The van der Waals surface area contributed by atoms with Crippen molar-refractivity contribution < 1.29 is 24.2 Å². The summed E-state index contributed by atoms with van der Waals surface area (Å²) in [6.07, 6.45) is 2.51. The molecule has 3 amide bonds. The van der Waals surface area contributed by atoms with Gasteiger partial charge in [0.05, 0.1) is 30.1 Å². The molecule has 0 aromatic carbocycles. The smallest absolute Gasteiger partial charge is 0.246 e. The topological polar surface area (TPSA) is 108 Å². The van der Waals surface area contributed by atoms with E-state index in [0.717, 1.165) is 6.42 Å². The van der Waals surface area contributed by atoms with Crippen LogP contribution >= 0.6 is 0 Å². The molecular weight excluding hydrogens is 410 g/mol. The summed E-state index contributed by atoms with van der Waals surface area (Å²) in [4.78, 5) is 42.3. The van der Waals surface area contributed by atoms with E-state index < -0.39 is 40.7 Å². The number of carbonyl (C=O) groups excluding carboxylic acids is 3. The first-order valence-corrected chi connectivity index (χ1v) is 12.0. The van der Waals surface area contributed by atoms with Gasteiger partial charge in [0.25, 0.3) is 0 Å². The van der Waals surface area contributed by atoms with E-state index in [4.69, 9.17) is 4.74 Å². The molecule has 3 aliphatic rings. The summed E-state index contributed by atoms with van der Waals surface area (Å²) >= 11 is 0. The average Bonchev–Trinajstić information content (AvgIpc) is 3.23. The zero-order valence-corrected chi connectivity index (χ0v) is 20.7. The van der Waals surface area contributed by atoms with Gasteiger partial charge in [-0.25, -0.2) is 0 Å². The van der Waals surface area contributed by atoms with Gasteiger partial charge in [0, 0.05) is 12.1 Å². The highest BCUT2D eigenvalue weighted by molar-refractivity contribution is 5.99. The number of hydrogen-bond donors (Lipinski definition) is 3. The molecular formula is C24H41N3O5. The fourth-order valence-corrected chi connectivity index (χ4v) is 6.07. The number of nitrogens with zero attached hydrogens (tertiary/aromatic N) is 1. The van der Waals surface area contributed by atoms with E-state index in [1.807, 2.05) is 48.5 Å². The molecule has 0 aromatic heterocycles. The van der Waals surface area contributed by atoms with Crippen LogP contribution in [0.25, 0.3) is 0 Å². The number of rotatable bonds is 8. The highest BCUT2D eigenvalue weighted by Gasteiger charge is 2.78. The van der Waals surface area contributed by atoms with Crippen LogP contribution < -0.4 is 10.6 Å². The number of aliphatic hydroxyl groups is 1. The number of aliphatic hydroxyl groups excluding tert-OH is 1. The lowest BCUT2D eigenvalue weighted by molar-refractivity contribution is -0.150. The third kappa shape index (κ3) is 4.04. The maximum Gasteiger partial charge on any atom is 0.246 e. The Kier molecular flexibility index (Phi) is 6.71. The number of fused-ring (bicyclic) bond motifs is 1. The molecule has 3 aliphatic heterocycles. The molecule has 3 saturated heterocycles. The molecule has 8 heteroatoms. The summed E-state index contributed by atoms with van der Waals surface area (Å²) in [5.41, 5.74) is -2.33. The number of ether oxygens (including phenoxy) is 1. The largest absolute Gasteiger partial charge is 0.394 e. The standard InChI is InChI=1S/C24H41N3O5/c1-8-11-25-19(29)16-17-21(31)27(15(13-28)12-14(2)3)18(20(30)26-22(4,5)6)24(17)10-9-23(16,7)32-24/h14-18,28H,8-13H2,1-7H3,(H,25,29)(H,26,30)/t15-,16-,17+,18?,23+,24?/m1/s1. The molecule has 6 atom stereocenters. The molecule has 0 aromatic rings. The fraction of sp³-hybridized carbons (Fsp3) is 0.875. The van der Waals surface area contributed by atoms with Crippen molar-refractivity contribution in [1.82, 2.24) is 15.5 Å². The van der Waals surface area contributed by atoms with Gasteiger partial charge in [-0.05, 0) is 59.3 Å². The van der Waals surface area contributed by atoms with Gasteiger partial charge in [-0.3, -0.25) is 14.4 Å². The van der Waals surface area contributed by atoms with Gasteiger partial charge < -0.3 is 25.4 Å². The van der Waals surface area contributed by atoms with Crippen molar-refractivity contribution in [2.24, 2.45) is 17.8 Å². The van der Waals surface area contributed by atoms with E-state index in [2.05, 4.69) is 10.6 Å². The summed E-state index contributed by atoms with van der Waals surface area (Å²) in [6, 6.07) is -1.38. The van der Waals surface area contributed by atoms with E-state index in [9.17, 15) is 19.5 Å². The number of amides is 3. The average molecular weight is 452 g/mol. The normalized spacial score (nSPS) is 34.7. The van der Waals surface area contributed by atoms with E-state index in [0.29, 0.717) is 25.8 Å². The van der Waals surface area contributed by atoms with Crippen LogP contribution in [0.1, 0.15) is 74.1 Å². The first-order chi connectivity index (χ1) is 14.8. The van der Waals surface area contributed by atoms with Crippen LogP contribution in [-0.4, -0.2) is 69.7 Å². The Morgan fingerprint density at radius 1 is 1.25 bits per heavy atom. The summed E-state index contributed by atoms with van der Waals surface area (Å²) < 4.78 is 6.57. The van der Waals surface area contributed by atoms with Crippen LogP contribution in [0.5, 0.6) is 0 Å². The van der Waals surface area contributed by atoms with Gasteiger partial charge in [0.1, 0.15) is 11.6 Å². The molecule has 3 rings (SSSR count). The lowest BCUT2D eigenvalue weighted by Crippen LogP contribution is -2.60. The zero-order valence-electron chi connectivity index (χ0n) is 20.7. The van der Waals surface area contributed by atoms with Gasteiger partial charge in [0.15, 0.2) is 0 Å². The maximum absolute atomic E-state index is 13.9. The van der Waals surface area contributed by atoms with Gasteiger partial charge in [-0.2, -0.15) is 0 Å². The quantitative estimate of drug-likeness (QED) is 0.520. The number of nitrogens with one attached hydrogen (secondary N) is 2. The van der Waals surface area contributed by atoms with Gasteiger partial charge in [-0.1, -0.05) is 20.8 Å². The lowest BCUT2D eigenvalue weighted by atomic mass is 9.66. The van der Waals surface area contributed by atoms with Crippen molar-refractivity contribution in [3.8, 4) is 0 Å². The predicted octanol–water partition coefficient (Wildman–Crippen LogP) is 1.60. The highest BCUT2D eigenvalue weighted by atomic mass is 16.5. The Balaban J connectivity index is 2.08. The first-order valence-electron chi connectivity index (χ1n) is 12.0. The van der Waals surface area contributed by atoms with Crippen LogP contribution in [0.15, 0.2) is 0 Å². The second-order valence-corrected chi connectivity index (χ2v) is 11.5. The fourth-order valence-electron chi connectivity index (χ4n) is 6.07. The molecule has 0 aliphatic carbocycles. The first kappa shape index (κ1) is 25.0. The molecule has 0 radical (unpaired) electrons. The van der Waals surface area contributed by atoms with Crippen molar-refractivity contribution >= 4 is 17.7 Å². The molecule has 1 spiro atoms. The summed E-state index contributed by atoms with van der Waals surface area (Å²) in [5.74, 6) is -1.87. The molecule has 3 N–H and O–H groups in total. The van der Waals surface area contributed by atoms with E-state index in [1.54, 1.807) is 4.90 Å². The van der Waals surface area contributed by atoms with Gasteiger partial charge in [0.2, 0.25) is 17.7 Å². The summed E-state index contributed by atoms with van der Waals surface area (Å²) in [7, 11) is 0. The van der Waals surface area contributed by atoms with Crippen molar-refractivity contribution in [3.63, 3.8) is 0 Å². The molecule has 3 heterocycles. The minimum absolute atomic E-state index is 0.185. The highest BCUT2D eigenvalue weighted by Crippen LogP contribution is 2.63. The molecule has 2 bridgehead atoms. The Bertz CT molecular complexity index is 763. The van der Waals surface area contributed by atoms with Crippen molar-refractivity contribution in [2.45, 2.75) is 103 Å². The minimum atomic E-state index is -1.06. The second kappa shape index (κ2) is 8.60. The van der Waals surface area contributed by atoms with Gasteiger partial charge >= 0.3 is 0 Å². The molecule has 8 nitrogen and oxygen atoms in total. The number of likely N-dealkylation sites (tertiary alicyclic amines) is 1. The molecule has 2 unspecified atom stereocenters. The van der Waals surface area contributed by atoms with E-state index in [-0.39, 0.29) is 30.2 Å². The maximum atomic E-state index is 13.9. The predicted molar refractivity (Wildman–Crippen MR) is 121 cm³/mol. The van der Waals surface area contributed by atoms with Crippen LogP contribution in [0.4, 0.5) is 0 Å². The van der Waals surface area contributed by atoms with Crippen molar-refractivity contribution in [3.05, 3.63) is 0 Å². The van der Waals surface area contributed by atoms with E-state index >= 15 is 0 Å². The molecule has 182 valence electrons. The third-order valence-electron chi connectivity index (χ3n) is 7.14. The SMILES string of the molecule is CCCNC(=O)[C@H]1[C@H]2C(=O)N([C@@H](CO)CC(C)C)C(C(=O)NC(C)(C)C)C23CC[C@]1(C)O3. The molecule has 0 saturated carbocycles. The Morgan fingerprint density at radius 2 is 1.91 bits per heavy atom. The number of carbonyl (C=O) groups is 3. The summed E-state index contributed by atoms with van der Waals surface area (Å²) in [5, 5.41) is 16.2.